The average molecular weight is 210 g/mol. The molecule has 0 saturated carbocycles. The van der Waals surface area contributed by atoms with E-state index in [4.69, 9.17) is 4.74 Å². The number of rotatable bonds is 3. The standard InChI is InChI=1S/C14H12NO/c1-16-14-4-2-3-13(11-14)6-5-12-7-9-15-10-8-12/h2-3,5-11H,1H3/b6-5+. The Labute approximate surface area is 95.2 Å². The fraction of sp³-hybridized carbons (Fsp3) is 0.0714. The zero-order valence-electron chi connectivity index (χ0n) is 9.05. The molecular formula is C14H12NO. The van der Waals surface area contributed by atoms with Crippen molar-refractivity contribution in [2.45, 2.75) is 0 Å². The van der Waals surface area contributed by atoms with Crippen LogP contribution >= 0.6 is 0 Å². The number of hydrogen-bond acceptors (Lipinski definition) is 2. The summed E-state index contributed by atoms with van der Waals surface area (Å²) in [5, 5.41) is 0. The first-order chi connectivity index (χ1) is 7.88. The van der Waals surface area contributed by atoms with Crippen LogP contribution in [0.2, 0.25) is 0 Å². The predicted octanol–water partition coefficient (Wildman–Crippen LogP) is 3.06. The molecule has 1 radical (unpaired) electrons. The molecule has 0 aliphatic heterocycles. The fourth-order valence-electron chi connectivity index (χ4n) is 1.35. The smallest absolute Gasteiger partial charge is 0.127 e. The van der Waals surface area contributed by atoms with Crippen molar-refractivity contribution in [1.29, 1.82) is 0 Å². The van der Waals surface area contributed by atoms with Crippen LogP contribution in [-0.4, -0.2) is 12.1 Å². The highest BCUT2D eigenvalue weighted by atomic mass is 16.5. The molecule has 0 atom stereocenters. The van der Waals surface area contributed by atoms with E-state index in [2.05, 4.69) is 11.1 Å². The van der Waals surface area contributed by atoms with Crippen LogP contribution in [-0.2, 0) is 0 Å². The summed E-state index contributed by atoms with van der Waals surface area (Å²) in [7, 11) is 1.64. The minimum Gasteiger partial charge on any atom is -0.496 e. The Morgan fingerprint density at radius 1 is 1.12 bits per heavy atom. The lowest BCUT2D eigenvalue weighted by molar-refractivity contribution is 0.414. The summed E-state index contributed by atoms with van der Waals surface area (Å²) in [6, 6.07) is 12.7. The first-order valence-electron chi connectivity index (χ1n) is 5.02. The molecule has 0 bridgehead atoms. The average Bonchev–Trinajstić information content (AvgIpc) is 2.38. The molecule has 0 saturated heterocycles. The lowest BCUT2D eigenvalue weighted by Gasteiger charge is -1.99. The molecule has 0 N–H and O–H groups in total. The Balaban J connectivity index is 2.17. The van der Waals surface area contributed by atoms with Crippen LogP contribution in [0.1, 0.15) is 11.1 Å². The summed E-state index contributed by atoms with van der Waals surface area (Å²) in [5.74, 6) is 0.747. The van der Waals surface area contributed by atoms with Gasteiger partial charge in [-0.1, -0.05) is 18.2 Å². The third-order valence-electron chi connectivity index (χ3n) is 2.19. The van der Waals surface area contributed by atoms with Crippen molar-refractivity contribution in [3.63, 3.8) is 0 Å². The zero-order chi connectivity index (χ0) is 11.2. The SMILES string of the molecule is COc1[c]ccc(/C=C/c2ccncc2)c1. The van der Waals surface area contributed by atoms with E-state index in [9.17, 15) is 0 Å². The molecular weight excluding hydrogens is 198 g/mol. The van der Waals surface area contributed by atoms with Gasteiger partial charge in [0.1, 0.15) is 5.75 Å². The van der Waals surface area contributed by atoms with Crippen molar-refractivity contribution in [1.82, 2.24) is 4.98 Å². The van der Waals surface area contributed by atoms with Gasteiger partial charge in [-0.3, -0.25) is 4.98 Å². The van der Waals surface area contributed by atoms with E-state index in [1.54, 1.807) is 19.5 Å². The second kappa shape index (κ2) is 5.12. The van der Waals surface area contributed by atoms with E-state index < -0.39 is 0 Å². The highest BCUT2D eigenvalue weighted by Crippen LogP contribution is 2.14. The van der Waals surface area contributed by atoms with Gasteiger partial charge in [0.2, 0.25) is 0 Å². The van der Waals surface area contributed by atoms with Crippen LogP contribution in [0.5, 0.6) is 5.75 Å². The molecule has 0 amide bonds. The van der Waals surface area contributed by atoms with Crippen molar-refractivity contribution in [2.75, 3.05) is 7.11 Å². The van der Waals surface area contributed by atoms with Gasteiger partial charge in [-0.2, -0.15) is 0 Å². The Morgan fingerprint density at radius 2 is 1.88 bits per heavy atom. The molecule has 0 aliphatic rings. The van der Waals surface area contributed by atoms with Gasteiger partial charge >= 0.3 is 0 Å². The van der Waals surface area contributed by atoms with Crippen LogP contribution in [0.3, 0.4) is 0 Å². The Bertz CT molecular complexity index is 477. The van der Waals surface area contributed by atoms with Crippen molar-refractivity contribution in [3.05, 3.63) is 59.9 Å². The lowest BCUT2D eigenvalue weighted by atomic mass is 10.1. The summed E-state index contributed by atoms with van der Waals surface area (Å²) < 4.78 is 5.11. The molecule has 2 aromatic rings. The number of nitrogens with zero attached hydrogens (tertiary/aromatic N) is 1. The summed E-state index contributed by atoms with van der Waals surface area (Å²) >= 11 is 0. The summed E-state index contributed by atoms with van der Waals surface area (Å²) in [5.41, 5.74) is 2.22. The molecule has 0 aliphatic carbocycles. The molecule has 2 nitrogen and oxygen atoms in total. The fourth-order valence-corrected chi connectivity index (χ4v) is 1.35. The van der Waals surface area contributed by atoms with Crippen molar-refractivity contribution >= 4 is 12.2 Å². The van der Waals surface area contributed by atoms with Crippen LogP contribution in [0.25, 0.3) is 12.2 Å². The largest absolute Gasteiger partial charge is 0.496 e. The molecule has 1 aromatic heterocycles. The lowest BCUT2D eigenvalue weighted by Crippen LogP contribution is -1.82. The molecule has 0 spiro atoms. The second-order valence-corrected chi connectivity index (χ2v) is 3.30. The maximum absolute atomic E-state index is 5.11. The molecule has 2 heteroatoms. The summed E-state index contributed by atoms with van der Waals surface area (Å²) in [6.45, 7) is 0. The monoisotopic (exact) mass is 210 g/mol. The topological polar surface area (TPSA) is 22.1 Å². The molecule has 79 valence electrons. The van der Waals surface area contributed by atoms with E-state index in [1.165, 1.54) is 0 Å². The van der Waals surface area contributed by atoms with Gasteiger partial charge in [0, 0.05) is 18.5 Å². The Morgan fingerprint density at radius 3 is 2.62 bits per heavy atom. The number of methoxy groups -OCH3 is 1. The van der Waals surface area contributed by atoms with Gasteiger partial charge in [0.05, 0.1) is 7.11 Å². The molecule has 2 rings (SSSR count). The van der Waals surface area contributed by atoms with E-state index in [1.807, 2.05) is 42.5 Å². The highest BCUT2D eigenvalue weighted by Gasteiger charge is 1.92. The number of aromatic nitrogens is 1. The Hall–Kier alpha value is -2.09. The van der Waals surface area contributed by atoms with Gasteiger partial charge in [-0.05, 0) is 35.4 Å². The highest BCUT2D eigenvalue weighted by molar-refractivity contribution is 5.69. The zero-order valence-corrected chi connectivity index (χ0v) is 9.05. The van der Waals surface area contributed by atoms with Gasteiger partial charge in [-0.25, -0.2) is 0 Å². The Kier molecular flexibility index (Phi) is 3.34. The maximum atomic E-state index is 5.11. The van der Waals surface area contributed by atoms with Crippen molar-refractivity contribution in [2.24, 2.45) is 0 Å². The quantitative estimate of drug-likeness (QED) is 0.776. The van der Waals surface area contributed by atoms with Gasteiger partial charge < -0.3 is 4.74 Å². The molecule has 0 unspecified atom stereocenters. The molecule has 0 fully saturated rings. The minimum atomic E-state index is 0.747. The summed E-state index contributed by atoms with van der Waals surface area (Å²) in [6.07, 6.45) is 7.63. The second-order valence-electron chi connectivity index (χ2n) is 3.30. The van der Waals surface area contributed by atoms with Gasteiger partial charge in [0.15, 0.2) is 0 Å². The van der Waals surface area contributed by atoms with Crippen molar-refractivity contribution in [3.8, 4) is 5.75 Å². The normalized spacial score (nSPS) is 10.6. The van der Waals surface area contributed by atoms with E-state index in [0.29, 0.717) is 0 Å². The predicted molar refractivity (Wildman–Crippen MR) is 65.0 cm³/mol. The van der Waals surface area contributed by atoms with Gasteiger partial charge in [0.25, 0.3) is 0 Å². The van der Waals surface area contributed by atoms with Gasteiger partial charge in [-0.15, -0.1) is 0 Å². The van der Waals surface area contributed by atoms with Crippen LogP contribution in [0.15, 0.2) is 42.7 Å². The van der Waals surface area contributed by atoms with E-state index in [0.717, 1.165) is 16.9 Å². The van der Waals surface area contributed by atoms with Crippen LogP contribution in [0.4, 0.5) is 0 Å². The van der Waals surface area contributed by atoms with Crippen molar-refractivity contribution < 1.29 is 4.74 Å². The number of hydrogen-bond donors (Lipinski definition) is 0. The third kappa shape index (κ3) is 2.70. The summed E-state index contributed by atoms with van der Waals surface area (Å²) in [4.78, 5) is 3.97. The number of ether oxygens (including phenoxy) is 1. The first-order valence-corrected chi connectivity index (χ1v) is 5.02. The first kappa shape index (κ1) is 10.4. The van der Waals surface area contributed by atoms with Crippen LogP contribution < -0.4 is 4.74 Å². The third-order valence-corrected chi connectivity index (χ3v) is 2.19. The minimum absolute atomic E-state index is 0.747. The molecule has 1 aromatic carbocycles. The van der Waals surface area contributed by atoms with Crippen LogP contribution in [0, 0.1) is 6.07 Å². The number of benzene rings is 1. The van der Waals surface area contributed by atoms with E-state index in [-0.39, 0.29) is 0 Å². The number of pyridine rings is 1. The molecule has 16 heavy (non-hydrogen) atoms. The maximum Gasteiger partial charge on any atom is 0.127 e. The molecule has 1 heterocycles. The van der Waals surface area contributed by atoms with E-state index >= 15 is 0 Å².